The Morgan fingerprint density at radius 1 is 1.19 bits per heavy atom. The first kappa shape index (κ1) is 22.5. The van der Waals surface area contributed by atoms with Crippen molar-refractivity contribution in [2.24, 2.45) is 0 Å². The van der Waals surface area contributed by atoms with Crippen LogP contribution in [0.4, 0.5) is 5.69 Å². The summed E-state index contributed by atoms with van der Waals surface area (Å²) < 4.78 is 36.1. The SMILES string of the molecule is Cc1ccc(C)c(NS(=O)(=O)c2cc(-c3nc(C)cs3)n(CC(=O)N3CCOCC3)c2)c1. The molecule has 32 heavy (non-hydrogen) atoms. The molecule has 1 N–H and O–H groups in total. The number of ether oxygens (including phenoxy) is 1. The van der Waals surface area contributed by atoms with Gasteiger partial charge in [-0.2, -0.15) is 0 Å². The van der Waals surface area contributed by atoms with E-state index in [-0.39, 0.29) is 17.3 Å². The molecule has 10 heteroatoms. The second-order valence-corrected chi connectivity index (χ2v) is 10.4. The van der Waals surface area contributed by atoms with E-state index in [2.05, 4.69) is 9.71 Å². The third kappa shape index (κ3) is 4.87. The largest absolute Gasteiger partial charge is 0.378 e. The maximum Gasteiger partial charge on any atom is 0.263 e. The Hall–Kier alpha value is -2.69. The van der Waals surface area contributed by atoms with Gasteiger partial charge in [0.1, 0.15) is 16.4 Å². The first-order valence-corrected chi connectivity index (χ1v) is 12.7. The minimum absolute atomic E-state index is 0.0347. The molecule has 1 saturated heterocycles. The highest BCUT2D eigenvalue weighted by Gasteiger charge is 2.24. The van der Waals surface area contributed by atoms with Crippen molar-refractivity contribution in [1.82, 2.24) is 14.5 Å². The lowest BCUT2D eigenvalue weighted by atomic mass is 10.1. The summed E-state index contributed by atoms with van der Waals surface area (Å²) in [5.41, 5.74) is 3.77. The number of nitrogens with one attached hydrogen (secondary N) is 1. The van der Waals surface area contributed by atoms with Gasteiger partial charge < -0.3 is 14.2 Å². The molecule has 1 aliphatic rings. The van der Waals surface area contributed by atoms with Gasteiger partial charge >= 0.3 is 0 Å². The van der Waals surface area contributed by atoms with Crippen LogP contribution >= 0.6 is 11.3 Å². The fourth-order valence-corrected chi connectivity index (χ4v) is 5.51. The predicted molar refractivity (Wildman–Crippen MR) is 124 cm³/mol. The Morgan fingerprint density at radius 2 is 1.94 bits per heavy atom. The number of amides is 1. The number of aryl methyl sites for hydroxylation is 3. The molecular weight excluding hydrogens is 448 g/mol. The van der Waals surface area contributed by atoms with Crippen molar-refractivity contribution < 1.29 is 17.9 Å². The van der Waals surface area contributed by atoms with Crippen LogP contribution in [-0.4, -0.2) is 55.1 Å². The summed E-state index contributed by atoms with van der Waals surface area (Å²) in [6.07, 6.45) is 1.51. The number of sulfonamides is 1. The molecule has 1 amide bonds. The molecule has 0 radical (unpaired) electrons. The van der Waals surface area contributed by atoms with Crippen LogP contribution < -0.4 is 4.72 Å². The summed E-state index contributed by atoms with van der Waals surface area (Å²) in [6, 6.07) is 7.20. The minimum atomic E-state index is -3.85. The number of hydrogen-bond donors (Lipinski definition) is 1. The quantitative estimate of drug-likeness (QED) is 0.592. The minimum Gasteiger partial charge on any atom is -0.378 e. The van der Waals surface area contributed by atoms with Crippen LogP contribution in [0, 0.1) is 20.8 Å². The Kier molecular flexibility index (Phi) is 6.36. The Labute approximate surface area is 191 Å². The van der Waals surface area contributed by atoms with Crippen LogP contribution in [0.5, 0.6) is 0 Å². The summed E-state index contributed by atoms with van der Waals surface area (Å²) in [4.78, 5) is 19.2. The van der Waals surface area contributed by atoms with Crippen molar-refractivity contribution >= 4 is 33.0 Å². The number of anilines is 1. The second-order valence-electron chi connectivity index (χ2n) is 7.90. The number of hydrogen-bond acceptors (Lipinski definition) is 6. The second kappa shape index (κ2) is 9.05. The van der Waals surface area contributed by atoms with Gasteiger partial charge in [0.2, 0.25) is 5.91 Å². The highest BCUT2D eigenvalue weighted by molar-refractivity contribution is 7.92. The number of rotatable bonds is 6. The summed E-state index contributed by atoms with van der Waals surface area (Å²) in [6.45, 7) is 7.76. The number of thiazole rings is 1. The van der Waals surface area contributed by atoms with Crippen LogP contribution in [0.2, 0.25) is 0 Å². The molecule has 170 valence electrons. The molecule has 4 rings (SSSR count). The van der Waals surface area contributed by atoms with Crippen LogP contribution in [0.1, 0.15) is 16.8 Å². The van der Waals surface area contributed by atoms with Gasteiger partial charge in [-0.1, -0.05) is 12.1 Å². The Morgan fingerprint density at radius 3 is 2.62 bits per heavy atom. The molecule has 3 aromatic rings. The molecule has 1 aromatic carbocycles. The maximum atomic E-state index is 13.2. The molecule has 1 aliphatic heterocycles. The number of benzene rings is 1. The van der Waals surface area contributed by atoms with Crippen molar-refractivity contribution in [1.29, 1.82) is 0 Å². The lowest BCUT2D eigenvalue weighted by Gasteiger charge is -2.27. The molecule has 0 aliphatic carbocycles. The highest BCUT2D eigenvalue weighted by atomic mass is 32.2. The molecule has 0 saturated carbocycles. The van der Waals surface area contributed by atoms with Gasteiger partial charge in [0, 0.05) is 30.4 Å². The Balaban J connectivity index is 1.68. The van der Waals surface area contributed by atoms with Crippen molar-refractivity contribution in [2.75, 3.05) is 31.0 Å². The van der Waals surface area contributed by atoms with Gasteiger partial charge in [-0.25, -0.2) is 13.4 Å². The summed E-state index contributed by atoms with van der Waals surface area (Å²) in [5, 5.41) is 2.57. The van der Waals surface area contributed by atoms with Gasteiger partial charge in [-0.3, -0.25) is 9.52 Å². The summed E-state index contributed by atoms with van der Waals surface area (Å²) >= 11 is 1.42. The van der Waals surface area contributed by atoms with Gasteiger partial charge in [0.25, 0.3) is 10.0 Å². The van der Waals surface area contributed by atoms with Crippen molar-refractivity contribution in [3.05, 3.63) is 52.7 Å². The standard InChI is InChI=1S/C22H26N4O4S2/c1-15-4-5-16(2)19(10-15)24-32(28,29)18-11-20(22-23-17(3)14-31-22)26(12-18)13-21(27)25-6-8-30-9-7-25/h4-5,10-12,14,24H,6-9,13H2,1-3H3. The number of carbonyl (C=O) groups is 1. The number of morpholine rings is 1. The zero-order valence-corrected chi connectivity index (χ0v) is 19.9. The van der Waals surface area contributed by atoms with E-state index >= 15 is 0 Å². The smallest absolute Gasteiger partial charge is 0.263 e. The number of aromatic nitrogens is 2. The van der Waals surface area contributed by atoms with E-state index in [1.807, 2.05) is 38.3 Å². The maximum absolute atomic E-state index is 13.2. The molecule has 0 unspecified atom stereocenters. The zero-order chi connectivity index (χ0) is 22.9. The van der Waals surface area contributed by atoms with Crippen molar-refractivity contribution in [3.8, 4) is 10.7 Å². The van der Waals surface area contributed by atoms with E-state index in [1.54, 1.807) is 21.6 Å². The van der Waals surface area contributed by atoms with Crippen LogP contribution in [0.3, 0.4) is 0 Å². The molecular formula is C22H26N4O4S2. The summed E-state index contributed by atoms with van der Waals surface area (Å²) in [5.74, 6) is -0.0788. The average molecular weight is 475 g/mol. The van der Waals surface area contributed by atoms with E-state index in [0.29, 0.717) is 42.7 Å². The van der Waals surface area contributed by atoms with Gasteiger partial charge in [0.05, 0.1) is 24.6 Å². The lowest BCUT2D eigenvalue weighted by molar-refractivity contribution is -0.135. The van der Waals surface area contributed by atoms with Gasteiger partial charge in [-0.15, -0.1) is 11.3 Å². The summed E-state index contributed by atoms with van der Waals surface area (Å²) in [7, 11) is -3.85. The normalized spacial score (nSPS) is 14.5. The van der Waals surface area contributed by atoms with Gasteiger partial charge in [0.15, 0.2) is 0 Å². The predicted octanol–water partition coefficient (Wildman–Crippen LogP) is 3.20. The fourth-order valence-electron chi connectivity index (χ4n) is 3.52. The van der Waals surface area contributed by atoms with Crippen molar-refractivity contribution in [3.63, 3.8) is 0 Å². The first-order valence-electron chi connectivity index (χ1n) is 10.3. The van der Waals surface area contributed by atoms with Crippen LogP contribution in [-0.2, 0) is 26.1 Å². The van der Waals surface area contributed by atoms with E-state index in [4.69, 9.17) is 4.74 Å². The third-order valence-corrected chi connectivity index (χ3v) is 7.64. The van der Waals surface area contributed by atoms with Crippen LogP contribution in [0.25, 0.3) is 10.7 Å². The van der Waals surface area contributed by atoms with Crippen LogP contribution in [0.15, 0.2) is 40.7 Å². The van der Waals surface area contributed by atoms with Crippen molar-refractivity contribution in [2.45, 2.75) is 32.2 Å². The first-order chi connectivity index (χ1) is 15.2. The molecule has 0 spiro atoms. The van der Waals surface area contributed by atoms with Gasteiger partial charge in [-0.05, 0) is 44.0 Å². The molecule has 3 heterocycles. The monoisotopic (exact) mass is 474 g/mol. The average Bonchev–Trinajstić information content (AvgIpc) is 3.38. The number of carbonyl (C=O) groups excluding carboxylic acids is 1. The fraction of sp³-hybridized carbons (Fsp3) is 0.364. The third-order valence-electron chi connectivity index (χ3n) is 5.33. The lowest BCUT2D eigenvalue weighted by Crippen LogP contribution is -2.42. The molecule has 0 atom stereocenters. The van der Waals surface area contributed by atoms with E-state index < -0.39 is 10.0 Å². The number of nitrogens with zero attached hydrogens (tertiary/aromatic N) is 3. The zero-order valence-electron chi connectivity index (χ0n) is 18.3. The van der Waals surface area contributed by atoms with E-state index in [0.717, 1.165) is 16.8 Å². The topological polar surface area (TPSA) is 93.5 Å². The molecule has 1 fully saturated rings. The highest BCUT2D eigenvalue weighted by Crippen LogP contribution is 2.29. The Bertz CT molecular complexity index is 1240. The molecule has 2 aromatic heterocycles. The van der Waals surface area contributed by atoms with E-state index in [1.165, 1.54) is 17.5 Å². The molecule has 8 nitrogen and oxygen atoms in total. The van der Waals surface area contributed by atoms with E-state index in [9.17, 15) is 13.2 Å². The molecule has 0 bridgehead atoms.